The second-order valence-electron chi connectivity index (χ2n) is 4.79. The van der Waals surface area contributed by atoms with E-state index in [0.29, 0.717) is 11.8 Å². The molecule has 1 nitrogen and oxygen atoms in total. The number of hydrogen-bond donors (Lipinski definition) is 0. The molecule has 21 heavy (non-hydrogen) atoms. The highest BCUT2D eigenvalue weighted by atomic mass is 19.1. The number of aromatic nitrogens is 1. The van der Waals surface area contributed by atoms with Crippen molar-refractivity contribution in [1.82, 2.24) is 4.98 Å². The maximum atomic E-state index is 14.0. The predicted molar refractivity (Wildman–Crippen MR) is 76.4 cm³/mol. The molecule has 0 aliphatic rings. The fourth-order valence-corrected chi connectivity index (χ4v) is 2.39. The Morgan fingerprint density at radius 2 is 1.76 bits per heavy atom. The number of para-hydroxylation sites is 1. The highest BCUT2D eigenvalue weighted by Gasteiger charge is 2.14. The first-order valence-electron chi connectivity index (χ1n) is 6.63. The average Bonchev–Trinajstić information content (AvgIpc) is 2.49. The van der Waals surface area contributed by atoms with Crippen LogP contribution in [0.1, 0.15) is 12.5 Å². The summed E-state index contributed by atoms with van der Waals surface area (Å²) in [6.07, 6.45) is 0.588. The Morgan fingerprint density at radius 3 is 2.52 bits per heavy atom. The summed E-state index contributed by atoms with van der Waals surface area (Å²) in [6, 6.07) is 9.60. The summed E-state index contributed by atoms with van der Waals surface area (Å²) in [7, 11) is 0. The molecule has 0 bridgehead atoms. The van der Waals surface area contributed by atoms with Gasteiger partial charge in [0, 0.05) is 10.9 Å². The van der Waals surface area contributed by atoms with E-state index >= 15 is 0 Å². The Bertz CT molecular complexity index is 828. The smallest absolute Gasteiger partial charge is 0.149 e. The molecule has 0 atom stereocenters. The summed E-state index contributed by atoms with van der Waals surface area (Å²) in [5.74, 6) is -1.61. The lowest BCUT2D eigenvalue weighted by atomic mass is 10.0. The number of aryl methyl sites for hydroxylation is 1. The first-order chi connectivity index (χ1) is 10.1. The Balaban J connectivity index is 2.35. The van der Waals surface area contributed by atoms with Gasteiger partial charge in [0.25, 0.3) is 0 Å². The van der Waals surface area contributed by atoms with E-state index in [1.165, 1.54) is 6.07 Å². The molecule has 0 aliphatic carbocycles. The second kappa shape index (κ2) is 5.20. The number of fused-ring (bicyclic) bond motifs is 1. The van der Waals surface area contributed by atoms with E-state index in [9.17, 15) is 13.2 Å². The number of nitrogens with zero attached hydrogens (tertiary/aromatic N) is 1. The van der Waals surface area contributed by atoms with Gasteiger partial charge in [-0.1, -0.05) is 19.1 Å². The zero-order valence-electron chi connectivity index (χ0n) is 11.3. The van der Waals surface area contributed by atoms with Gasteiger partial charge in [0.05, 0.1) is 5.69 Å². The van der Waals surface area contributed by atoms with Gasteiger partial charge in [-0.3, -0.25) is 0 Å². The molecule has 106 valence electrons. The van der Waals surface area contributed by atoms with E-state index in [-0.39, 0.29) is 16.8 Å². The van der Waals surface area contributed by atoms with Crippen LogP contribution in [0.15, 0.2) is 42.5 Å². The van der Waals surface area contributed by atoms with Crippen LogP contribution in [0.4, 0.5) is 13.2 Å². The molecule has 4 heteroatoms. The summed E-state index contributed by atoms with van der Waals surface area (Å²) in [5, 5.41) is 0.646. The summed E-state index contributed by atoms with van der Waals surface area (Å²) in [5.41, 5.74) is 1.25. The van der Waals surface area contributed by atoms with Crippen molar-refractivity contribution >= 4 is 10.9 Å². The van der Waals surface area contributed by atoms with Crippen molar-refractivity contribution in [2.24, 2.45) is 0 Å². The van der Waals surface area contributed by atoms with Crippen molar-refractivity contribution in [1.29, 1.82) is 0 Å². The van der Waals surface area contributed by atoms with E-state index in [4.69, 9.17) is 0 Å². The summed E-state index contributed by atoms with van der Waals surface area (Å²) in [4.78, 5) is 4.24. The quantitative estimate of drug-likeness (QED) is 0.654. The Morgan fingerprint density at radius 1 is 0.952 bits per heavy atom. The summed E-state index contributed by atoms with van der Waals surface area (Å²) >= 11 is 0. The number of hydrogen-bond acceptors (Lipinski definition) is 1. The predicted octanol–water partition coefficient (Wildman–Crippen LogP) is 4.88. The van der Waals surface area contributed by atoms with Gasteiger partial charge in [0.1, 0.15) is 23.0 Å². The van der Waals surface area contributed by atoms with Crippen LogP contribution in [0.5, 0.6) is 0 Å². The van der Waals surface area contributed by atoms with E-state index in [1.807, 2.05) is 6.92 Å². The van der Waals surface area contributed by atoms with Gasteiger partial charge < -0.3 is 0 Å². The Labute approximate surface area is 120 Å². The van der Waals surface area contributed by atoms with Crippen LogP contribution in [0, 0.1) is 17.5 Å². The van der Waals surface area contributed by atoms with Crippen LogP contribution in [-0.4, -0.2) is 4.98 Å². The molecular weight excluding hydrogens is 275 g/mol. The van der Waals surface area contributed by atoms with E-state index in [2.05, 4.69) is 4.98 Å². The minimum absolute atomic E-state index is 0.0528. The van der Waals surface area contributed by atoms with Crippen molar-refractivity contribution < 1.29 is 13.2 Å². The fraction of sp³-hybridized carbons (Fsp3) is 0.118. The lowest BCUT2D eigenvalue weighted by Crippen LogP contribution is -1.97. The first-order valence-corrected chi connectivity index (χ1v) is 6.63. The SMILES string of the molecule is CCc1cc2cccc(F)c2nc1-c1cc(F)ccc1F. The third-order valence-corrected chi connectivity index (χ3v) is 3.44. The molecule has 0 radical (unpaired) electrons. The van der Waals surface area contributed by atoms with Crippen molar-refractivity contribution in [2.45, 2.75) is 13.3 Å². The Kier molecular flexibility index (Phi) is 3.37. The third kappa shape index (κ3) is 2.37. The standard InChI is InChI=1S/C17H12F3N/c1-2-10-8-11-4-3-5-15(20)17(11)21-16(10)13-9-12(18)6-7-14(13)19/h3-9H,2H2,1H3. The molecule has 2 aromatic carbocycles. The van der Waals surface area contributed by atoms with Crippen LogP contribution in [0.3, 0.4) is 0 Å². The maximum absolute atomic E-state index is 14.0. The van der Waals surface area contributed by atoms with E-state index in [1.54, 1.807) is 18.2 Å². The third-order valence-electron chi connectivity index (χ3n) is 3.44. The van der Waals surface area contributed by atoms with Crippen LogP contribution in [0.25, 0.3) is 22.2 Å². The topological polar surface area (TPSA) is 12.9 Å². The lowest BCUT2D eigenvalue weighted by molar-refractivity contribution is 0.602. The van der Waals surface area contributed by atoms with Crippen LogP contribution >= 0.6 is 0 Å². The lowest BCUT2D eigenvalue weighted by Gasteiger charge is -2.11. The Hall–Kier alpha value is -2.36. The monoisotopic (exact) mass is 287 g/mol. The molecule has 0 unspecified atom stereocenters. The molecule has 0 amide bonds. The van der Waals surface area contributed by atoms with E-state index < -0.39 is 17.5 Å². The molecule has 1 aromatic heterocycles. The number of pyridine rings is 1. The fourth-order valence-electron chi connectivity index (χ4n) is 2.39. The molecule has 3 aromatic rings. The highest BCUT2D eigenvalue weighted by molar-refractivity contribution is 5.84. The maximum Gasteiger partial charge on any atom is 0.149 e. The molecule has 0 saturated carbocycles. The van der Waals surface area contributed by atoms with Gasteiger partial charge in [-0.25, -0.2) is 18.2 Å². The van der Waals surface area contributed by atoms with Crippen molar-refractivity contribution in [2.75, 3.05) is 0 Å². The normalized spacial score (nSPS) is 11.0. The minimum Gasteiger partial charge on any atom is -0.244 e. The summed E-state index contributed by atoms with van der Waals surface area (Å²) in [6.45, 7) is 1.89. The van der Waals surface area contributed by atoms with Gasteiger partial charge in [-0.05, 0) is 42.3 Å². The molecule has 3 rings (SSSR count). The molecular formula is C17H12F3N. The molecule has 0 aliphatic heterocycles. The molecule has 1 heterocycles. The zero-order valence-corrected chi connectivity index (χ0v) is 11.3. The zero-order chi connectivity index (χ0) is 15.0. The van der Waals surface area contributed by atoms with Crippen LogP contribution in [-0.2, 0) is 6.42 Å². The number of rotatable bonds is 2. The molecule has 0 saturated heterocycles. The number of halogens is 3. The molecule has 0 spiro atoms. The first kappa shape index (κ1) is 13.6. The average molecular weight is 287 g/mol. The minimum atomic E-state index is -0.575. The van der Waals surface area contributed by atoms with Crippen LogP contribution < -0.4 is 0 Å². The van der Waals surface area contributed by atoms with Crippen molar-refractivity contribution in [3.63, 3.8) is 0 Å². The molecule has 0 fully saturated rings. The van der Waals surface area contributed by atoms with Gasteiger partial charge in [-0.15, -0.1) is 0 Å². The number of benzene rings is 2. The van der Waals surface area contributed by atoms with E-state index in [0.717, 1.165) is 23.8 Å². The highest BCUT2D eigenvalue weighted by Crippen LogP contribution is 2.29. The van der Waals surface area contributed by atoms with Crippen molar-refractivity contribution in [3.05, 3.63) is 65.5 Å². The van der Waals surface area contributed by atoms with Gasteiger partial charge in [0.15, 0.2) is 0 Å². The van der Waals surface area contributed by atoms with Gasteiger partial charge >= 0.3 is 0 Å². The van der Waals surface area contributed by atoms with Crippen LogP contribution in [0.2, 0.25) is 0 Å². The second-order valence-corrected chi connectivity index (χ2v) is 4.79. The largest absolute Gasteiger partial charge is 0.244 e. The molecule has 0 N–H and O–H groups in total. The van der Waals surface area contributed by atoms with Gasteiger partial charge in [0.2, 0.25) is 0 Å². The van der Waals surface area contributed by atoms with Crippen molar-refractivity contribution in [3.8, 4) is 11.3 Å². The van der Waals surface area contributed by atoms with Gasteiger partial charge in [-0.2, -0.15) is 0 Å². The summed E-state index contributed by atoms with van der Waals surface area (Å²) < 4.78 is 41.2.